The van der Waals surface area contributed by atoms with Crippen molar-refractivity contribution in [2.24, 2.45) is 0 Å². The molecule has 0 saturated heterocycles. The van der Waals surface area contributed by atoms with Gasteiger partial charge in [0.05, 0.1) is 0 Å². The van der Waals surface area contributed by atoms with Crippen molar-refractivity contribution in [1.82, 2.24) is 0 Å². The van der Waals surface area contributed by atoms with Crippen LogP contribution in [0.1, 0.15) is 13.3 Å². The molecule has 0 aliphatic carbocycles. The third kappa shape index (κ3) is 4.51. The molecule has 0 saturated carbocycles. The highest BCUT2D eigenvalue weighted by molar-refractivity contribution is 6.93. The maximum atomic E-state index is 5.38. The highest BCUT2D eigenvalue weighted by atomic mass is 35.6. The minimum Gasteiger partial charge on any atom is -0.174 e. The number of halogens is 1. The second-order valence-corrected chi connectivity index (χ2v) is 2.75. The molecule has 0 atom stereocenters. The van der Waals surface area contributed by atoms with Crippen molar-refractivity contribution in [1.29, 1.82) is 0 Å². The van der Waals surface area contributed by atoms with Gasteiger partial charge < -0.3 is 0 Å². The molecule has 0 aliphatic rings. The van der Waals surface area contributed by atoms with E-state index in [9.17, 15) is 0 Å². The van der Waals surface area contributed by atoms with E-state index >= 15 is 0 Å². The molecule has 0 rings (SSSR count). The largest absolute Gasteiger partial charge is 0.174 e. The van der Waals surface area contributed by atoms with Gasteiger partial charge in [-0.1, -0.05) is 13.3 Å². The van der Waals surface area contributed by atoms with Gasteiger partial charge in [-0.15, -0.1) is 0 Å². The Morgan fingerprint density at radius 3 is 2.40 bits per heavy atom. The van der Waals surface area contributed by atoms with Crippen LogP contribution in [0.25, 0.3) is 0 Å². The van der Waals surface area contributed by atoms with Crippen molar-refractivity contribution in [3.05, 3.63) is 0 Å². The lowest BCUT2D eigenvalue weighted by Gasteiger charge is -1.75. The predicted octanol–water partition coefficient (Wildman–Crippen LogP) is 1.41. The number of rotatable bonds is 2. The molecule has 0 amide bonds. The van der Waals surface area contributed by atoms with Crippen molar-refractivity contribution in [3.8, 4) is 0 Å². The Bertz CT molecular complexity index is 14.4. The van der Waals surface area contributed by atoms with E-state index in [-0.39, 0.29) is 8.83 Å². The molecule has 31 valence electrons. The summed E-state index contributed by atoms with van der Waals surface area (Å²) >= 11 is 5.38. The van der Waals surface area contributed by atoms with Crippen LogP contribution in [0.4, 0.5) is 0 Å². The molecule has 0 spiro atoms. The first-order chi connectivity index (χ1) is 2.41. The zero-order chi connectivity index (χ0) is 4.12. The van der Waals surface area contributed by atoms with Crippen molar-refractivity contribution in [2.75, 3.05) is 0 Å². The SMILES string of the molecule is CCC[SiH]Cl. The molecule has 0 bridgehead atoms. The lowest BCUT2D eigenvalue weighted by Crippen LogP contribution is -1.69. The van der Waals surface area contributed by atoms with E-state index in [1.54, 1.807) is 0 Å². The Morgan fingerprint density at radius 2 is 2.40 bits per heavy atom. The third-order valence-electron chi connectivity index (χ3n) is 0.398. The Labute approximate surface area is 40.1 Å². The first kappa shape index (κ1) is 5.51. The van der Waals surface area contributed by atoms with Crippen LogP contribution in [0.2, 0.25) is 6.04 Å². The quantitative estimate of drug-likeness (QED) is 0.370. The molecule has 0 nitrogen and oxygen atoms in total. The third-order valence-corrected chi connectivity index (χ3v) is 1.85. The van der Waals surface area contributed by atoms with Crippen molar-refractivity contribution < 1.29 is 0 Å². The Balaban J connectivity index is 2.19. The summed E-state index contributed by atoms with van der Waals surface area (Å²) in [6, 6.07) is 1.24. The fourth-order valence-electron chi connectivity index (χ4n) is 0.109. The zero-order valence-corrected chi connectivity index (χ0v) is 5.28. The Kier molecular flexibility index (Phi) is 4.96. The van der Waals surface area contributed by atoms with Crippen LogP contribution in [-0.2, 0) is 0 Å². The highest BCUT2D eigenvalue weighted by Crippen LogP contribution is 1.85. The maximum absolute atomic E-state index is 5.38. The molecular formula is C3H8ClSi. The number of hydrogen-bond donors (Lipinski definition) is 0. The Morgan fingerprint density at radius 1 is 1.80 bits per heavy atom. The average Bonchev–Trinajstić information content (AvgIpc) is 1.41. The summed E-state index contributed by atoms with van der Waals surface area (Å²) in [6.45, 7) is 2.15. The van der Waals surface area contributed by atoms with E-state index in [1.807, 2.05) is 0 Å². The summed E-state index contributed by atoms with van der Waals surface area (Å²) in [6.07, 6.45) is 1.25. The maximum Gasteiger partial charge on any atom is 0.146 e. The smallest absolute Gasteiger partial charge is 0.146 e. The fourth-order valence-corrected chi connectivity index (χ4v) is 0.982. The summed E-state index contributed by atoms with van der Waals surface area (Å²) < 4.78 is 0. The minimum atomic E-state index is 0.258. The standard InChI is InChI=1S/C3H8ClSi/c1-2-3-5-4/h5H,2-3H2,1H3. The summed E-state index contributed by atoms with van der Waals surface area (Å²) in [7, 11) is 0.258. The van der Waals surface area contributed by atoms with Crippen LogP contribution in [0.5, 0.6) is 0 Å². The molecule has 0 aromatic carbocycles. The second kappa shape index (κ2) is 4.51. The molecule has 1 radical (unpaired) electrons. The number of hydrogen-bond acceptors (Lipinski definition) is 0. The first-order valence-electron chi connectivity index (χ1n) is 1.83. The monoisotopic (exact) mass is 107 g/mol. The van der Waals surface area contributed by atoms with Crippen LogP contribution in [-0.4, -0.2) is 8.83 Å². The zero-order valence-electron chi connectivity index (χ0n) is 3.37. The lowest BCUT2D eigenvalue weighted by molar-refractivity contribution is 1.08. The van der Waals surface area contributed by atoms with E-state index in [0.29, 0.717) is 0 Å². The predicted molar refractivity (Wildman–Crippen MR) is 28.1 cm³/mol. The van der Waals surface area contributed by atoms with Gasteiger partial charge in [-0.2, -0.15) is 11.1 Å². The summed E-state index contributed by atoms with van der Waals surface area (Å²) in [5.41, 5.74) is 0. The molecule has 0 heterocycles. The van der Waals surface area contributed by atoms with Crippen LogP contribution < -0.4 is 0 Å². The minimum absolute atomic E-state index is 0.258. The Hall–Kier alpha value is 0.507. The van der Waals surface area contributed by atoms with E-state index in [2.05, 4.69) is 6.92 Å². The van der Waals surface area contributed by atoms with Gasteiger partial charge in [0.15, 0.2) is 0 Å². The van der Waals surface area contributed by atoms with Crippen LogP contribution >= 0.6 is 11.1 Å². The van der Waals surface area contributed by atoms with E-state index in [4.69, 9.17) is 11.1 Å². The van der Waals surface area contributed by atoms with E-state index < -0.39 is 0 Å². The molecule has 2 heteroatoms. The molecule has 0 aromatic heterocycles. The average molecular weight is 108 g/mol. The van der Waals surface area contributed by atoms with Gasteiger partial charge in [0.1, 0.15) is 8.83 Å². The van der Waals surface area contributed by atoms with Crippen molar-refractivity contribution in [3.63, 3.8) is 0 Å². The van der Waals surface area contributed by atoms with Crippen LogP contribution in [0, 0.1) is 0 Å². The second-order valence-electron chi connectivity index (χ2n) is 0.943. The van der Waals surface area contributed by atoms with Gasteiger partial charge in [0.25, 0.3) is 0 Å². The van der Waals surface area contributed by atoms with Gasteiger partial charge in [0.2, 0.25) is 0 Å². The van der Waals surface area contributed by atoms with Gasteiger partial charge in [-0.05, 0) is 6.04 Å². The van der Waals surface area contributed by atoms with E-state index in [1.165, 1.54) is 12.5 Å². The highest BCUT2D eigenvalue weighted by Gasteiger charge is 1.73. The molecule has 0 aliphatic heterocycles. The van der Waals surface area contributed by atoms with E-state index in [0.717, 1.165) is 0 Å². The normalized spacial score (nSPS) is 8.40. The van der Waals surface area contributed by atoms with Crippen LogP contribution in [0.3, 0.4) is 0 Å². The molecule has 0 aromatic rings. The molecule has 5 heavy (non-hydrogen) atoms. The summed E-state index contributed by atoms with van der Waals surface area (Å²) in [5.74, 6) is 0. The molecule has 0 unspecified atom stereocenters. The summed E-state index contributed by atoms with van der Waals surface area (Å²) in [5, 5.41) is 0. The molecule has 0 fully saturated rings. The topological polar surface area (TPSA) is 0 Å². The van der Waals surface area contributed by atoms with Gasteiger partial charge in [-0.25, -0.2) is 0 Å². The van der Waals surface area contributed by atoms with Gasteiger partial charge >= 0.3 is 0 Å². The lowest BCUT2D eigenvalue weighted by atomic mass is 10.6. The van der Waals surface area contributed by atoms with Crippen molar-refractivity contribution >= 4 is 19.9 Å². The molecule has 0 N–H and O–H groups in total. The van der Waals surface area contributed by atoms with Gasteiger partial charge in [-0.3, -0.25) is 0 Å². The fraction of sp³-hybridized carbons (Fsp3) is 1.00. The van der Waals surface area contributed by atoms with Gasteiger partial charge in [0, 0.05) is 0 Å². The van der Waals surface area contributed by atoms with Crippen LogP contribution in [0.15, 0.2) is 0 Å². The van der Waals surface area contributed by atoms with Crippen molar-refractivity contribution in [2.45, 2.75) is 19.4 Å². The summed E-state index contributed by atoms with van der Waals surface area (Å²) in [4.78, 5) is 0. The first-order valence-corrected chi connectivity index (χ1v) is 4.40. The molecular weight excluding hydrogens is 99.6 g/mol.